The van der Waals surface area contributed by atoms with Gasteiger partial charge in [0.05, 0.1) is 4.92 Å². The molecule has 2 saturated carbocycles. The van der Waals surface area contributed by atoms with Crippen LogP contribution in [0.3, 0.4) is 0 Å². The lowest BCUT2D eigenvalue weighted by Crippen LogP contribution is -2.23. The lowest BCUT2D eigenvalue weighted by atomic mass is 9.86. The molecule has 0 spiro atoms. The average Bonchev–Trinajstić information content (AvgIpc) is 3.15. The number of nitro groups is 1. The molecule has 134 valence electrons. The summed E-state index contributed by atoms with van der Waals surface area (Å²) >= 11 is 5.80. The van der Waals surface area contributed by atoms with Crippen molar-refractivity contribution in [2.75, 3.05) is 11.9 Å². The van der Waals surface area contributed by atoms with Crippen molar-refractivity contribution in [3.05, 3.63) is 33.3 Å². The molecule has 3 rings (SSSR count). The lowest BCUT2D eigenvalue weighted by Gasteiger charge is -2.20. The maximum Gasteiger partial charge on any atom is 0.306 e. The van der Waals surface area contributed by atoms with Crippen molar-refractivity contribution in [3.63, 3.8) is 0 Å². The van der Waals surface area contributed by atoms with Crippen LogP contribution < -0.4 is 5.32 Å². The minimum atomic E-state index is -0.633. The lowest BCUT2D eigenvalue weighted by molar-refractivity contribution is -0.383. The summed E-state index contributed by atoms with van der Waals surface area (Å²) in [6.45, 7) is -0.469. The van der Waals surface area contributed by atoms with Gasteiger partial charge in [0, 0.05) is 17.5 Å². The van der Waals surface area contributed by atoms with Crippen molar-refractivity contribution in [1.29, 1.82) is 0 Å². The fourth-order valence-corrected chi connectivity index (χ4v) is 4.17. The molecule has 25 heavy (non-hydrogen) atoms. The fourth-order valence-electron chi connectivity index (χ4n) is 4.00. The number of nitrogens with zero attached hydrogens (tertiary/aromatic N) is 1. The highest BCUT2D eigenvalue weighted by atomic mass is 35.5. The molecule has 2 aliphatic carbocycles. The topological polar surface area (TPSA) is 98.5 Å². The smallest absolute Gasteiger partial charge is 0.306 e. The van der Waals surface area contributed by atoms with E-state index in [2.05, 4.69) is 5.32 Å². The number of nitrogens with one attached hydrogen (secondary N) is 1. The maximum absolute atomic E-state index is 11.9. The van der Waals surface area contributed by atoms with Crippen LogP contribution in [0.2, 0.25) is 5.02 Å². The highest BCUT2D eigenvalue weighted by molar-refractivity contribution is 6.31. The van der Waals surface area contributed by atoms with Gasteiger partial charge in [-0.05, 0) is 49.1 Å². The summed E-state index contributed by atoms with van der Waals surface area (Å²) in [5, 5.41) is 13.6. The molecular formula is C17H19ClN2O5. The van der Waals surface area contributed by atoms with Crippen LogP contribution in [0.5, 0.6) is 0 Å². The molecule has 0 aromatic heterocycles. The first-order chi connectivity index (χ1) is 11.9. The van der Waals surface area contributed by atoms with E-state index < -0.39 is 23.4 Å². The molecule has 2 bridgehead atoms. The molecule has 1 aromatic carbocycles. The molecular weight excluding hydrogens is 348 g/mol. The number of benzene rings is 1. The molecule has 3 atom stereocenters. The second-order valence-electron chi connectivity index (χ2n) is 6.77. The fraction of sp³-hybridized carbons (Fsp3) is 0.529. The second kappa shape index (κ2) is 7.39. The van der Waals surface area contributed by atoms with Gasteiger partial charge in [-0.15, -0.1) is 0 Å². The summed E-state index contributed by atoms with van der Waals surface area (Å²) < 4.78 is 5.02. The van der Waals surface area contributed by atoms with Gasteiger partial charge in [0.15, 0.2) is 6.61 Å². The Morgan fingerprint density at radius 1 is 1.32 bits per heavy atom. The van der Waals surface area contributed by atoms with E-state index in [-0.39, 0.29) is 16.4 Å². The number of ether oxygens (including phenoxy) is 1. The van der Waals surface area contributed by atoms with Gasteiger partial charge in [0.2, 0.25) is 0 Å². The van der Waals surface area contributed by atoms with Gasteiger partial charge >= 0.3 is 5.97 Å². The molecule has 0 aliphatic heterocycles. The molecule has 1 amide bonds. The second-order valence-corrected chi connectivity index (χ2v) is 7.20. The largest absolute Gasteiger partial charge is 0.456 e. The minimum Gasteiger partial charge on any atom is -0.456 e. The maximum atomic E-state index is 11.9. The molecule has 2 fully saturated rings. The van der Waals surface area contributed by atoms with Crippen LogP contribution in [0.1, 0.15) is 32.1 Å². The van der Waals surface area contributed by atoms with Crippen LogP contribution in [-0.2, 0) is 14.3 Å². The van der Waals surface area contributed by atoms with Crippen LogP contribution in [0.25, 0.3) is 0 Å². The number of amides is 1. The first-order valence-corrected chi connectivity index (χ1v) is 8.69. The third kappa shape index (κ3) is 4.28. The SMILES string of the molecule is O=C(COC(=O)C[C@@H]1C[C@H]2CC[C@@H]1C2)Nc1cc(Cl)ccc1[N+](=O)[O-]. The van der Waals surface area contributed by atoms with Crippen molar-refractivity contribution in [3.8, 4) is 0 Å². The van der Waals surface area contributed by atoms with Crippen LogP contribution >= 0.6 is 11.6 Å². The number of anilines is 1. The van der Waals surface area contributed by atoms with Gasteiger partial charge in [0.1, 0.15) is 5.69 Å². The Kier molecular flexibility index (Phi) is 5.22. The molecule has 8 heteroatoms. The number of halogens is 1. The molecule has 0 radical (unpaired) electrons. The number of carbonyl (C=O) groups is 2. The number of nitro benzene ring substituents is 1. The molecule has 7 nitrogen and oxygen atoms in total. The number of fused-ring (bicyclic) bond motifs is 2. The van der Waals surface area contributed by atoms with E-state index in [9.17, 15) is 19.7 Å². The summed E-state index contributed by atoms with van der Waals surface area (Å²) in [6, 6.07) is 3.86. The van der Waals surface area contributed by atoms with E-state index in [1.54, 1.807) is 0 Å². The highest BCUT2D eigenvalue weighted by Gasteiger charge is 2.40. The standard InChI is InChI=1S/C17H19ClN2O5/c18-13-3-4-15(20(23)24)14(8-13)19-16(21)9-25-17(22)7-12-6-10-1-2-11(12)5-10/h3-4,8,10-12H,1-2,5-7,9H2,(H,19,21)/t10-,11+,12-/m0/s1. The van der Waals surface area contributed by atoms with Crippen molar-refractivity contribution in [2.45, 2.75) is 32.1 Å². The third-order valence-corrected chi connectivity index (χ3v) is 5.34. The number of carbonyl (C=O) groups excluding carboxylic acids is 2. The summed E-state index contributed by atoms with van der Waals surface area (Å²) in [6.07, 6.45) is 5.06. The third-order valence-electron chi connectivity index (χ3n) is 5.11. The molecule has 0 unspecified atom stereocenters. The number of hydrogen-bond acceptors (Lipinski definition) is 5. The first-order valence-electron chi connectivity index (χ1n) is 8.31. The summed E-state index contributed by atoms with van der Waals surface area (Å²) in [7, 11) is 0. The predicted octanol–water partition coefficient (Wildman–Crippen LogP) is 3.56. The van der Waals surface area contributed by atoms with Crippen molar-refractivity contribution < 1.29 is 19.2 Å². The van der Waals surface area contributed by atoms with Crippen LogP contribution in [0, 0.1) is 27.9 Å². The van der Waals surface area contributed by atoms with Gasteiger partial charge in [0.25, 0.3) is 11.6 Å². The normalized spacial score (nSPS) is 24.1. The van der Waals surface area contributed by atoms with Gasteiger partial charge in [-0.2, -0.15) is 0 Å². The van der Waals surface area contributed by atoms with Gasteiger partial charge in [-0.1, -0.05) is 18.0 Å². The monoisotopic (exact) mass is 366 g/mol. The molecule has 0 saturated heterocycles. The van der Waals surface area contributed by atoms with Crippen molar-refractivity contribution in [2.24, 2.45) is 17.8 Å². The van der Waals surface area contributed by atoms with Crippen molar-refractivity contribution in [1.82, 2.24) is 0 Å². The van der Waals surface area contributed by atoms with Crippen LogP contribution in [0.15, 0.2) is 18.2 Å². The molecule has 2 aliphatic rings. The Bertz CT molecular complexity index is 708. The number of esters is 1. The van der Waals surface area contributed by atoms with Gasteiger partial charge in [-0.25, -0.2) is 0 Å². The Morgan fingerprint density at radius 2 is 2.12 bits per heavy atom. The van der Waals surface area contributed by atoms with E-state index >= 15 is 0 Å². The first kappa shape index (κ1) is 17.7. The zero-order valence-corrected chi connectivity index (χ0v) is 14.3. The Hall–Kier alpha value is -2.15. The van der Waals surface area contributed by atoms with Crippen molar-refractivity contribution >= 4 is 34.9 Å². The summed E-state index contributed by atoms with van der Waals surface area (Å²) in [5.74, 6) is 0.693. The minimum absolute atomic E-state index is 0.0216. The van der Waals surface area contributed by atoms with E-state index in [4.69, 9.17) is 16.3 Å². The molecule has 0 heterocycles. The quantitative estimate of drug-likeness (QED) is 0.471. The Balaban J connectivity index is 1.49. The Labute approximate surface area is 149 Å². The zero-order chi connectivity index (χ0) is 18.0. The molecule has 1 aromatic rings. The van der Waals surface area contributed by atoms with Crippen LogP contribution in [-0.4, -0.2) is 23.4 Å². The Morgan fingerprint density at radius 3 is 2.76 bits per heavy atom. The zero-order valence-electron chi connectivity index (χ0n) is 13.6. The van der Waals surface area contributed by atoms with E-state index in [1.807, 2.05) is 0 Å². The number of rotatable bonds is 6. The highest BCUT2D eigenvalue weighted by Crippen LogP contribution is 2.49. The van der Waals surface area contributed by atoms with E-state index in [0.717, 1.165) is 12.3 Å². The summed E-state index contributed by atoms with van der Waals surface area (Å²) in [4.78, 5) is 34.2. The average molecular weight is 367 g/mol. The van der Waals surface area contributed by atoms with Gasteiger partial charge in [-0.3, -0.25) is 19.7 Å². The summed E-state index contributed by atoms with van der Waals surface area (Å²) in [5.41, 5.74) is -0.294. The van der Waals surface area contributed by atoms with Gasteiger partial charge < -0.3 is 10.1 Å². The van der Waals surface area contributed by atoms with E-state index in [1.165, 1.54) is 37.5 Å². The molecule has 1 N–H and O–H groups in total. The predicted molar refractivity (Wildman–Crippen MR) is 91.3 cm³/mol. The van der Waals surface area contributed by atoms with E-state index in [0.29, 0.717) is 18.3 Å². The van der Waals surface area contributed by atoms with Crippen LogP contribution in [0.4, 0.5) is 11.4 Å². The number of hydrogen-bond donors (Lipinski definition) is 1.